The van der Waals surface area contributed by atoms with Crippen LogP contribution in [-0.4, -0.2) is 32.9 Å². The number of fused-ring (bicyclic) bond motifs is 1. The van der Waals surface area contributed by atoms with E-state index in [1.165, 1.54) is 11.0 Å². The van der Waals surface area contributed by atoms with Crippen LogP contribution < -0.4 is 5.56 Å². The number of carbonyl (C=O) groups is 1. The van der Waals surface area contributed by atoms with Gasteiger partial charge in [-0.2, -0.15) is 0 Å². The van der Waals surface area contributed by atoms with Gasteiger partial charge in [0.05, 0.1) is 10.9 Å². The van der Waals surface area contributed by atoms with E-state index in [4.69, 9.17) is 0 Å². The molecule has 1 unspecified atom stereocenters. The SMILES string of the molecule is Cc1nc2ccccc2c(=O)n1CC(=O)N1CCCCC1C. The van der Waals surface area contributed by atoms with Gasteiger partial charge < -0.3 is 4.90 Å². The molecule has 5 nitrogen and oxygen atoms in total. The predicted octanol–water partition coefficient (Wildman–Crippen LogP) is 2.11. The number of amides is 1. The maximum Gasteiger partial charge on any atom is 0.261 e. The molecule has 1 aliphatic heterocycles. The molecule has 0 radical (unpaired) electrons. The van der Waals surface area contributed by atoms with Gasteiger partial charge in [0.15, 0.2) is 0 Å². The molecule has 1 amide bonds. The second kappa shape index (κ2) is 5.91. The van der Waals surface area contributed by atoms with Crippen LogP contribution >= 0.6 is 0 Å². The minimum Gasteiger partial charge on any atom is -0.338 e. The van der Waals surface area contributed by atoms with Crippen LogP contribution in [0.25, 0.3) is 10.9 Å². The van der Waals surface area contributed by atoms with Crippen LogP contribution in [0.2, 0.25) is 0 Å². The zero-order valence-corrected chi connectivity index (χ0v) is 13.1. The van der Waals surface area contributed by atoms with E-state index >= 15 is 0 Å². The number of benzene rings is 1. The Hall–Kier alpha value is -2.17. The third-order valence-corrected chi connectivity index (χ3v) is 4.47. The third-order valence-electron chi connectivity index (χ3n) is 4.47. The highest BCUT2D eigenvalue weighted by Crippen LogP contribution is 2.17. The number of likely N-dealkylation sites (tertiary alicyclic amines) is 1. The molecule has 1 aromatic heterocycles. The van der Waals surface area contributed by atoms with Crippen LogP contribution in [0.3, 0.4) is 0 Å². The van der Waals surface area contributed by atoms with Crippen molar-refractivity contribution in [2.45, 2.75) is 45.7 Å². The van der Waals surface area contributed by atoms with Crippen molar-refractivity contribution in [3.05, 3.63) is 40.4 Å². The Morgan fingerprint density at radius 3 is 2.86 bits per heavy atom. The molecule has 1 aliphatic rings. The van der Waals surface area contributed by atoms with E-state index in [0.29, 0.717) is 16.7 Å². The van der Waals surface area contributed by atoms with Gasteiger partial charge in [0.2, 0.25) is 5.91 Å². The second-order valence-corrected chi connectivity index (χ2v) is 6.00. The quantitative estimate of drug-likeness (QED) is 0.853. The standard InChI is InChI=1S/C17H21N3O2/c1-12-7-5-6-10-19(12)16(21)11-20-13(2)18-15-9-4-3-8-14(15)17(20)22/h3-4,8-9,12H,5-7,10-11H2,1-2H3. The number of carbonyl (C=O) groups excluding carboxylic acids is 1. The first-order valence-electron chi connectivity index (χ1n) is 7.83. The molecule has 5 heteroatoms. The molecule has 1 fully saturated rings. The maximum atomic E-state index is 12.6. The van der Waals surface area contributed by atoms with Crippen molar-refractivity contribution in [3.63, 3.8) is 0 Å². The number of hydrogen-bond acceptors (Lipinski definition) is 3. The summed E-state index contributed by atoms with van der Waals surface area (Å²) in [5.74, 6) is 0.594. The van der Waals surface area contributed by atoms with E-state index in [-0.39, 0.29) is 24.1 Å². The summed E-state index contributed by atoms with van der Waals surface area (Å²) in [6.45, 7) is 4.72. The van der Waals surface area contributed by atoms with E-state index in [0.717, 1.165) is 19.4 Å². The molecule has 0 bridgehead atoms. The fourth-order valence-corrected chi connectivity index (χ4v) is 3.16. The van der Waals surface area contributed by atoms with E-state index in [2.05, 4.69) is 11.9 Å². The third kappa shape index (κ3) is 2.63. The fourth-order valence-electron chi connectivity index (χ4n) is 3.16. The van der Waals surface area contributed by atoms with Crippen molar-refractivity contribution in [2.24, 2.45) is 0 Å². The van der Waals surface area contributed by atoms with Gasteiger partial charge in [-0.25, -0.2) is 4.98 Å². The van der Waals surface area contributed by atoms with Crippen molar-refractivity contribution >= 4 is 16.8 Å². The van der Waals surface area contributed by atoms with Gasteiger partial charge in [0.1, 0.15) is 12.4 Å². The molecule has 116 valence electrons. The summed E-state index contributed by atoms with van der Waals surface area (Å²) < 4.78 is 1.49. The van der Waals surface area contributed by atoms with Gasteiger partial charge in [-0.3, -0.25) is 14.2 Å². The van der Waals surface area contributed by atoms with Crippen molar-refractivity contribution in [3.8, 4) is 0 Å². The summed E-state index contributed by atoms with van der Waals surface area (Å²) in [6.07, 6.45) is 3.25. The molecule has 0 N–H and O–H groups in total. The monoisotopic (exact) mass is 299 g/mol. The number of nitrogens with zero attached hydrogens (tertiary/aromatic N) is 3. The lowest BCUT2D eigenvalue weighted by Gasteiger charge is -2.33. The Bertz CT molecular complexity index is 766. The smallest absolute Gasteiger partial charge is 0.261 e. The number of rotatable bonds is 2. The number of aromatic nitrogens is 2. The Morgan fingerprint density at radius 2 is 2.09 bits per heavy atom. The minimum atomic E-state index is -0.138. The number of hydrogen-bond donors (Lipinski definition) is 0. The van der Waals surface area contributed by atoms with E-state index in [9.17, 15) is 9.59 Å². The maximum absolute atomic E-state index is 12.6. The summed E-state index contributed by atoms with van der Waals surface area (Å²) in [4.78, 5) is 31.5. The molecule has 1 atom stereocenters. The molecule has 0 spiro atoms. The molecular formula is C17H21N3O2. The Balaban J connectivity index is 1.93. The lowest BCUT2D eigenvalue weighted by molar-refractivity contribution is -0.135. The molecule has 2 aromatic rings. The van der Waals surface area contributed by atoms with Crippen LogP contribution in [0.4, 0.5) is 0 Å². The number of piperidine rings is 1. The number of para-hydroxylation sites is 1. The minimum absolute atomic E-state index is 0.00878. The van der Waals surface area contributed by atoms with Crippen molar-refractivity contribution < 1.29 is 4.79 Å². The highest BCUT2D eigenvalue weighted by molar-refractivity contribution is 5.79. The van der Waals surface area contributed by atoms with Crippen molar-refractivity contribution in [1.29, 1.82) is 0 Å². The zero-order chi connectivity index (χ0) is 15.7. The average Bonchev–Trinajstić information content (AvgIpc) is 2.51. The van der Waals surface area contributed by atoms with Crippen molar-refractivity contribution in [1.82, 2.24) is 14.5 Å². The Morgan fingerprint density at radius 1 is 1.32 bits per heavy atom. The van der Waals surface area contributed by atoms with E-state index in [1.807, 2.05) is 23.1 Å². The van der Waals surface area contributed by atoms with Gasteiger partial charge >= 0.3 is 0 Å². The lowest BCUT2D eigenvalue weighted by atomic mass is 10.0. The second-order valence-electron chi connectivity index (χ2n) is 6.00. The van der Waals surface area contributed by atoms with Gasteiger partial charge in [-0.1, -0.05) is 12.1 Å². The topological polar surface area (TPSA) is 55.2 Å². The van der Waals surface area contributed by atoms with Crippen LogP contribution in [-0.2, 0) is 11.3 Å². The van der Waals surface area contributed by atoms with Gasteiger partial charge in [-0.15, -0.1) is 0 Å². The van der Waals surface area contributed by atoms with Gasteiger partial charge in [0.25, 0.3) is 5.56 Å². The molecule has 22 heavy (non-hydrogen) atoms. The molecule has 0 saturated carbocycles. The molecule has 0 aliphatic carbocycles. The van der Waals surface area contributed by atoms with E-state index < -0.39 is 0 Å². The average molecular weight is 299 g/mol. The predicted molar refractivity (Wildman–Crippen MR) is 85.8 cm³/mol. The normalized spacial score (nSPS) is 18.6. The Labute approximate surface area is 129 Å². The van der Waals surface area contributed by atoms with Gasteiger partial charge in [-0.05, 0) is 45.2 Å². The summed E-state index contributed by atoms with van der Waals surface area (Å²) in [6, 6.07) is 7.52. The van der Waals surface area contributed by atoms with Crippen molar-refractivity contribution in [2.75, 3.05) is 6.54 Å². The number of aryl methyl sites for hydroxylation is 1. The first kappa shape index (κ1) is 14.8. The molecular weight excluding hydrogens is 278 g/mol. The fraction of sp³-hybridized carbons (Fsp3) is 0.471. The summed E-state index contributed by atoms with van der Waals surface area (Å²) in [5, 5.41) is 0.563. The highest BCUT2D eigenvalue weighted by atomic mass is 16.2. The van der Waals surface area contributed by atoms with Crippen LogP contribution in [0.15, 0.2) is 29.1 Å². The van der Waals surface area contributed by atoms with Crippen LogP contribution in [0.5, 0.6) is 0 Å². The summed E-state index contributed by atoms with van der Waals surface area (Å²) in [7, 11) is 0. The molecule has 1 aromatic carbocycles. The largest absolute Gasteiger partial charge is 0.338 e. The summed E-state index contributed by atoms with van der Waals surface area (Å²) >= 11 is 0. The zero-order valence-electron chi connectivity index (χ0n) is 13.1. The lowest BCUT2D eigenvalue weighted by Crippen LogP contribution is -2.45. The van der Waals surface area contributed by atoms with Crippen LogP contribution in [0.1, 0.15) is 32.0 Å². The van der Waals surface area contributed by atoms with Crippen LogP contribution in [0, 0.1) is 6.92 Å². The Kier molecular flexibility index (Phi) is 3.96. The first-order valence-corrected chi connectivity index (χ1v) is 7.83. The first-order chi connectivity index (χ1) is 10.6. The summed E-state index contributed by atoms with van der Waals surface area (Å²) in [5.41, 5.74) is 0.543. The molecule has 3 rings (SSSR count). The highest BCUT2D eigenvalue weighted by Gasteiger charge is 2.24. The molecule has 2 heterocycles. The van der Waals surface area contributed by atoms with E-state index in [1.54, 1.807) is 13.0 Å². The molecule has 1 saturated heterocycles. The van der Waals surface area contributed by atoms with Gasteiger partial charge in [0, 0.05) is 12.6 Å².